The Bertz CT molecular complexity index is 2100. The highest BCUT2D eigenvalue weighted by Gasteiger charge is 2.26. The zero-order valence-electron chi connectivity index (χ0n) is 30.5. The van der Waals surface area contributed by atoms with Gasteiger partial charge in [0.15, 0.2) is 5.65 Å². The number of anilines is 1. The van der Waals surface area contributed by atoms with Gasteiger partial charge in [-0.25, -0.2) is 14.1 Å². The molecule has 1 saturated carbocycles. The molecule has 0 radical (unpaired) electrons. The molecule has 1 saturated heterocycles. The first-order valence-corrected chi connectivity index (χ1v) is 18.8. The van der Waals surface area contributed by atoms with E-state index in [0.29, 0.717) is 37.3 Å². The number of pyridine rings is 1. The van der Waals surface area contributed by atoms with E-state index < -0.39 is 5.91 Å². The van der Waals surface area contributed by atoms with Crippen molar-refractivity contribution in [1.82, 2.24) is 25.0 Å². The van der Waals surface area contributed by atoms with Crippen molar-refractivity contribution in [2.45, 2.75) is 78.2 Å². The fraction of sp³-hybridized carbons (Fsp3) is 0.381. The minimum absolute atomic E-state index is 0.179. The van der Waals surface area contributed by atoms with E-state index in [2.05, 4.69) is 28.7 Å². The summed E-state index contributed by atoms with van der Waals surface area (Å²) in [5, 5.41) is 12.9. The van der Waals surface area contributed by atoms with E-state index in [0.717, 1.165) is 76.5 Å². The number of aryl methyl sites for hydroxylation is 2. The van der Waals surface area contributed by atoms with Crippen molar-refractivity contribution >= 4 is 28.5 Å². The number of aromatic nitrogens is 3. The van der Waals surface area contributed by atoms with Crippen LogP contribution in [0.3, 0.4) is 0 Å². The van der Waals surface area contributed by atoms with Crippen LogP contribution in [0.2, 0.25) is 0 Å². The second-order valence-corrected chi connectivity index (χ2v) is 14.2. The lowest BCUT2D eigenvalue weighted by atomic mass is 9.99. The Morgan fingerprint density at radius 3 is 2.51 bits per heavy atom. The summed E-state index contributed by atoms with van der Waals surface area (Å²) in [4.78, 5) is 33.6. The van der Waals surface area contributed by atoms with Gasteiger partial charge in [0, 0.05) is 66.8 Å². The topological polar surface area (TPSA) is 127 Å². The number of hydrogen-bond acceptors (Lipinski definition) is 7. The number of primary amides is 1. The highest BCUT2D eigenvalue weighted by Crippen LogP contribution is 2.34. The summed E-state index contributed by atoms with van der Waals surface area (Å²) in [6.07, 6.45) is 6.75. The summed E-state index contributed by atoms with van der Waals surface area (Å²) < 4.78 is 23.1. The second-order valence-electron chi connectivity index (χ2n) is 14.2. The Kier molecular flexibility index (Phi) is 11.1. The van der Waals surface area contributed by atoms with Gasteiger partial charge in [-0.15, -0.1) is 0 Å². The smallest absolute Gasteiger partial charge is 0.254 e. The number of amides is 2. The Morgan fingerprint density at radius 1 is 0.962 bits per heavy atom. The van der Waals surface area contributed by atoms with Gasteiger partial charge in [0.1, 0.15) is 5.82 Å². The minimum atomic E-state index is -0.613. The van der Waals surface area contributed by atoms with E-state index in [9.17, 15) is 9.59 Å². The van der Waals surface area contributed by atoms with Crippen LogP contribution in [0.25, 0.3) is 22.2 Å². The number of nitrogens with two attached hydrogens (primary N) is 1. The fourth-order valence-electron chi connectivity index (χ4n) is 7.16. The van der Waals surface area contributed by atoms with Crippen molar-refractivity contribution in [3.63, 3.8) is 0 Å². The van der Waals surface area contributed by atoms with Gasteiger partial charge < -0.3 is 26.0 Å². The van der Waals surface area contributed by atoms with E-state index in [1.54, 1.807) is 29.2 Å². The second kappa shape index (κ2) is 16.3. The number of rotatable bonds is 15. The maximum absolute atomic E-state index is 15.6. The molecule has 7 rings (SSSR count). The van der Waals surface area contributed by atoms with Crippen molar-refractivity contribution in [3.05, 3.63) is 112 Å². The Morgan fingerprint density at radius 2 is 1.75 bits per heavy atom. The Hall–Kier alpha value is -5.13. The highest BCUT2D eigenvalue weighted by molar-refractivity contribution is 5.99. The molecule has 0 unspecified atom stereocenters. The van der Waals surface area contributed by atoms with Crippen molar-refractivity contribution in [3.8, 4) is 11.1 Å². The van der Waals surface area contributed by atoms with E-state index in [1.807, 2.05) is 42.1 Å². The normalized spacial score (nSPS) is 14.8. The molecule has 0 atom stereocenters. The van der Waals surface area contributed by atoms with Gasteiger partial charge in [-0.1, -0.05) is 37.3 Å². The summed E-state index contributed by atoms with van der Waals surface area (Å²) >= 11 is 0. The summed E-state index contributed by atoms with van der Waals surface area (Å²) in [6, 6.07) is 19.7. The number of nitrogens with one attached hydrogen (secondary N) is 2. The summed E-state index contributed by atoms with van der Waals surface area (Å²) in [7, 11) is 0. The summed E-state index contributed by atoms with van der Waals surface area (Å²) in [5.41, 5.74) is 12.8. The van der Waals surface area contributed by atoms with E-state index in [4.69, 9.17) is 15.5 Å². The highest BCUT2D eigenvalue weighted by atomic mass is 19.1. The number of nitrogens with zero attached hydrogens (tertiary/aromatic N) is 4. The third kappa shape index (κ3) is 8.42. The molecule has 0 bridgehead atoms. The van der Waals surface area contributed by atoms with Gasteiger partial charge in [0.2, 0.25) is 5.91 Å². The van der Waals surface area contributed by atoms with E-state index in [-0.39, 0.29) is 36.4 Å². The van der Waals surface area contributed by atoms with E-state index >= 15 is 4.39 Å². The lowest BCUT2D eigenvalue weighted by molar-refractivity contribution is 0.0729. The monoisotopic (exact) mass is 717 g/mol. The van der Waals surface area contributed by atoms with Gasteiger partial charge >= 0.3 is 0 Å². The minimum Gasteiger partial charge on any atom is -0.381 e. The number of carbonyl (C=O) groups is 2. The van der Waals surface area contributed by atoms with Gasteiger partial charge in [0.25, 0.3) is 5.91 Å². The number of ether oxygens (including phenoxy) is 1. The van der Waals surface area contributed by atoms with Crippen LogP contribution >= 0.6 is 0 Å². The zero-order chi connectivity index (χ0) is 36.9. The van der Waals surface area contributed by atoms with E-state index in [1.165, 1.54) is 25.0 Å². The molecule has 4 N–H and O–H groups in total. The molecule has 11 heteroatoms. The zero-order valence-corrected chi connectivity index (χ0v) is 30.5. The average Bonchev–Trinajstić information content (AvgIpc) is 3.92. The van der Waals surface area contributed by atoms with Crippen LogP contribution in [-0.2, 0) is 37.3 Å². The van der Waals surface area contributed by atoms with Crippen molar-refractivity contribution in [2.24, 2.45) is 11.7 Å². The maximum Gasteiger partial charge on any atom is 0.254 e. The fourth-order valence-corrected chi connectivity index (χ4v) is 7.16. The molecule has 1 aliphatic heterocycles. The van der Waals surface area contributed by atoms with Gasteiger partial charge in [0.05, 0.1) is 23.8 Å². The average molecular weight is 718 g/mol. The van der Waals surface area contributed by atoms with Crippen LogP contribution in [0.1, 0.15) is 82.6 Å². The molecular formula is C42H48FN7O3. The predicted molar refractivity (Wildman–Crippen MR) is 205 cm³/mol. The Balaban J connectivity index is 1.27. The van der Waals surface area contributed by atoms with Crippen LogP contribution in [0.5, 0.6) is 0 Å². The number of hydrogen-bond donors (Lipinski definition) is 3. The summed E-state index contributed by atoms with van der Waals surface area (Å²) in [6.45, 7) is 8.22. The SMILES string of the molecule is CCc1nc2c(cnn2CC)c(NC2CCOCC2)c1CN(Cc1ccc(F)c(-c2cccc(CNCC3CC3)c2)c1)C(=O)c1cccc(C(N)=O)c1. The number of halogens is 1. The third-order valence-corrected chi connectivity index (χ3v) is 10.3. The number of fused-ring (bicyclic) bond motifs is 1. The van der Waals surface area contributed by atoms with Crippen LogP contribution < -0.4 is 16.4 Å². The molecular weight excluding hydrogens is 670 g/mol. The van der Waals surface area contributed by atoms with Crippen LogP contribution in [0.4, 0.5) is 10.1 Å². The molecule has 1 aliphatic carbocycles. The quantitative estimate of drug-likeness (QED) is 0.108. The molecule has 2 fully saturated rings. The number of benzene rings is 3. The molecule has 10 nitrogen and oxygen atoms in total. The molecule has 3 heterocycles. The lowest BCUT2D eigenvalue weighted by Crippen LogP contribution is -2.33. The van der Waals surface area contributed by atoms with Gasteiger partial charge in [-0.05, 0) is 105 Å². The first-order valence-electron chi connectivity index (χ1n) is 18.8. The molecule has 2 amide bonds. The Labute approximate surface area is 309 Å². The first kappa shape index (κ1) is 36.2. The molecule has 5 aromatic rings. The molecule has 2 aliphatic rings. The largest absolute Gasteiger partial charge is 0.381 e. The molecule has 2 aromatic heterocycles. The van der Waals surface area contributed by atoms with Crippen molar-refractivity contribution in [1.29, 1.82) is 0 Å². The maximum atomic E-state index is 15.6. The van der Waals surface area contributed by atoms with Crippen LogP contribution in [0, 0.1) is 11.7 Å². The van der Waals surface area contributed by atoms with Crippen molar-refractivity contribution < 1.29 is 18.7 Å². The molecule has 53 heavy (non-hydrogen) atoms. The van der Waals surface area contributed by atoms with Crippen LogP contribution in [0.15, 0.2) is 72.9 Å². The van der Waals surface area contributed by atoms with Gasteiger partial charge in [-0.2, -0.15) is 5.10 Å². The summed E-state index contributed by atoms with van der Waals surface area (Å²) in [5.74, 6) is -0.461. The standard InChI is InChI=1S/C42H48FN7O3/c1-3-38-36(39(47-33-15-17-53-18-16-33)35-24-46-50(4-2)41(35)48-38)26-49(42(52)32-10-6-9-31(21-32)40(44)51)25-29-13-14-37(43)34(20-29)30-8-5-7-28(19-30)23-45-22-27-11-12-27/h5-10,13-14,19-21,24,27,33,45H,3-4,11-12,15-18,22-23,25-26H2,1-2H3,(H2,44,51)(H,47,48). The van der Waals surface area contributed by atoms with Gasteiger partial charge in [-0.3, -0.25) is 9.59 Å². The predicted octanol–water partition coefficient (Wildman–Crippen LogP) is 6.85. The number of carbonyl (C=O) groups excluding carboxylic acids is 2. The first-order chi connectivity index (χ1) is 25.8. The molecule has 3 aromatic carbocycles. The van der Waals surface area contributed by atoms with Crippen LogP contribution in [-0.4, -0.2) is 57.3 Å². The molecule has 0 spiro atoms. The lowest BCUT2D eigenvalue weighted by Gasteiger charge is -2.29. The molecule has 276 valence electrons. The van der Waals surface area contributed by atoms with Crippen molar-refractivity contribution in [2.75, 3.05) is 25.1 Å². The third-order valence-electron chi connectivity index (χ3n) is 10.3.